The van der Waals surface area contributed by atoms with Crippen LogP contribution in [0.15, 0.2) is 0 Å². The molecular formula is C12H21NO3. The van der Waals surface area contributed by atoms with Gasteiger partial charge in [0.2, 0.25) is 5.91 Å². The summed E-state index contributed by atoms with van der Waals surface area (Å²) in [6.45, 7) is 4.75. The number of β-amino-alcohol motifs (C(OH)–C–C–N with tert-alkyl or cyclic N) is 1. The number of aliphatic hydroxyl groups is 1. The molecule has 0 radical (unpaired) electrons. The molecule has 2 heterocycles. The van der Waals surface area contributed by atoms with Crippen LogP contribution >= 0.6 is 0 Å². The number of hydrogen-bond acceptors (Lipinski definition) is 3. The summed E-state index contributed by atoms with van der Waals surface area (Å²) in [5, 5.41) is 9.78. The lowest BCUT2D eigenvalue weighted by atomic mass is 9.93. The zero-order chi connectivity index (χ0) is 11.5. The van der Waals surface area contributed by atoms with E-state index in [9.17, 15) is 9.90 Å². The van der Waals surface area contributed by atoms with E-state index in [1.54, 1.807) is 0 Å². The molecule has 0 aromatic heterocycles. The van der Waals surface area contributed by atoms with Crippen molar-refractivity contribution in [2.45, 2.75) is 32.3 Å². The Morgan fingerprint density at radius 3 is 2.62 bits per heavy atom. The van der Waals surface area contributed by atoms with Gasteiger partial charge in [-0.2, -0.15) is 0 Å². The first-order chi connectivity index (χ1) is 7.68. The van der Waals surface area contributed by atoms with Gasteiger partial charge in [-0.3, -0.25) is 4.79 Å². The quantitative estimate of drug-likeness (QED) is 0.715. The molecule has 2 fully saturated rings. The molecule has 2 atom stereocenters. The van der Waals surface area contributed by atoms with Crippen molar-refractivity contribution >= 4 is 5.91 Å². The first-order valence-electron chi connectivity index (χ1n) is 6.23. The van der Waals surface area contributed by atoms with Gasteiger partial charge in [0.25, 0.3) is 0 Å². The van der Waals surface area contributed by atoms with E-state index in [1.807, 2.05) is 11.8 Å². The molecule has 1 N–H and O–H groups in total. The van der Waals surface area contributed by atoms with E-state index in [2.05, 4.69) is 0 Å². The molecule has 2 unspecified atom stereocenters. The number of likely N-dealkylation sites (tertiary alicyclic amines) is 1. The second-order valence-electron chi connectivity index (χ2n) is 5.00. The van der Waals surface area contributed by atoms with E-state index in [4.69, 9.17) is 4.74 Å². The molecule has 0 bridgehead atoms. The molecule has 2 saturated heterocycles. The number of amides is 1. The number of piperidine rings is 1. The maximum atomic E-state index is 12.2. The summed E-state index contributed by atoms with van der Waals surface area (Å²) in [6, 6.07) is 0. The standard InChI is InChI=1S/C12H21NO3/c1-9-2-5-13(8-11(9)14)12(15)10-3-6-16-7-4-10/h9-11,14H,2-8H2,1H3. The second-order valence-corrected chi connectivity index (χ2v) is 5.00. The van der Waals surface area contributed by atoms with Crippen molar-refractivity contribution in [2.24, 2.45) is 11.8 Å². The van der Waals surface area contributed by atoms with Crippen LogP contribution in [-0.2, 0) is 9.53 Å². The fraction of sp³-hybridized carbons (Fsp3) is 0.917. The minimum atomic E-state index is -0.349. The van der Waals surface area contributed by atoms with Crippen LogP contribution in [0.1, 0.15) is 26.2 Å². The van der Waals surface area contributed by atoms with E-state index < -0.39 is 0 Å². The third kappa shape index (κ3) is 2.55. The Morgan fingerprint density at radius 1 is 1.31 bits per heavy atom. The molecule has 2 aliphatic heterocycles. The smallest absolute Gasteiger partial charge is 0.225 e. The van der Waals surface area contributed by atoms with Crippen LogP contribution in [0.3, 0.4) is 0 Å². The van der Waals surface area contributed by atoms with E-state index in [-0.39, 0.29) is 17.9 Å². The molecule has 16 heavy (non-hydrogen) atoms. The van der Waals surface area contributed by atoms with Crippen LogP contribution < -0.4 is 0 Å². The predicted molar refractivity (Wildman–Crippen MR) is 59.9 cm³/mol. The van der Waals surface area contributed by atoms with Gasteiger partial charge in [-0.25, -0.2) is 0 Å². The Bertz CT molecular complexity index is 251. The summed E-state index contributed by atoms with van der Waals surface area (Å²) < 4.78 is 5.26. The van der Waals surface area contributed by atoms with Crippen molar-refractivity contribution < 1.29 is 14.6 Å². The molecule has 4 heteroatoms. The first kappa shape index (κ1) is 11.9. The van der Waals surface area contributed by atoms with Gasteiger partial charge >= 0.3 is 0 Å². The van der Waals surface area contributed by atoms with Gasteiger partial charge in [-0.05, 0) is 25.2 Å². The minimum Gasteiger partial charge on any atom is -0.391 e. The van der Waals surface area contributed by atoms with E-state index in [0.717, 1.165) is 25.8 Å². The highest BCUT2D eigenvalue weighted by Gasteiger charge is 2.31. The highest BCUT2D eigenvalue weighted by molar-refractivity contribution is 5.79. The first-order valence-corrected chi connectivity index (χ1v) is 6.23. The highest BCUT2D eigenvalue weighted by Crippen LogP contribution is 2.22. The van der Waals surface area contributed by atoms with Crippen LogP contribution in [0.5, 0.6) is 0 Å². The molecule has 0 aliphatic carbocycles. The van der Waals surface area contributed by atoms with Gasteiger partial charge in [0.05, 0.1) is 6.10 Å². The Morgan fingerprint density at radius 2 is 2.00 bits per heavy atom. The van der Waals surface area contributed by atoms with Gasteiger partial charge in [0.15, 0.2) is 0 Å². The van der Waals surface area contributed by atoms with Crippen molar-refractivity contribution in [3.8, 4) is 0 Å². The average Bonchev–Trinajstić information content (AvgIpc) is 2.33. The summed E-state index contributed by atoms with van der Waals surface area (Å²) in [6.07, 6.45) is 2.23. The largest absolute Gasteiger partial charge is 0.391 e. The second kappa shape index (κ2) is 5.15. The third-order valence-electron chi connectivity index (χ3n) is 3.80. The number of aliphatic hydroxyl groups excluding tert-OH is 1. The molecule has 4 nitrogen and oxygen atoms in total. The molecular weight excluding hydrogens is 206 g/mol. The molecule has 92 valence electrons. The van der Waals surface area contributed by atoms with Gasteiger partial charge in [-0.1, -0.05) is 6.92 Å². The average molecular weight is 227 g/mol. The van der Waals surface area contributed by atoms with Gasteiger partial charge in [-0.15, -0.1) is 0 Å². The predicted octanol–water partition coefficient (Wildman–Crippen LogP) is 0.642. The Labute approximate surface area is 96.6 Å². The minimum absolute atomic E-state index is 0.120. The number of ether oxygens (including phenoxy) is 1. The van der Waals surface area contributed by atoms with Crippen LogP contribution in [0, 0.1) is 11.8 Å². The molecule has 0 saturated carbocycles. The number of carbonyl (C=O) groups is 1. The van der Waals surface area contributed by atoms with Crippen molar-refractivity contribution in [2.75, 3.05) is 26.3 Å². The van der Waals surface area contributed by atoms with Crippen molar-refractivity contribution in [3.05, 3.63) is 0 Å². The van der Waals surface area contributed by atoms with Crippen LogP contribution in [0.25, 0.3) is 0 Å². The van der Waals surface area contributed by atoms with Crippen molar-refractivity contribution in [3.63, 3.8) is 0 Å². The summed E-state index contributed by atoms with van der Waals surface area (Å²) in [7, 11) is 0. The molecule has 1 amide bonds. The Hall–Kier alpha value is -0.610. The van der Waals surface area contributed by atoms with Crippen molar-refractivity contribution in [1.29, 1.82) is 0 Å². The van der Waals surface area contributed by atoms with Crippen LogP contribution in [0.4, 0.5) is 0 Å². The Balaban J connectivity index is 1.89. The van der Waals surface area contributed by atoms with E-state index >= 15 is 0 Å². The zero-order valence-corrected chi connectivity index (χ0v) is 9.89. The van der Waals surface area contributed by atoms with Crippen LogP contribution in [-0.4, -0.2) is 48.3 Å². The summed E-state index contributed by atoms with van der Waals surface area (Å²) in [5.41, 5.74) is 0. The number of nitrogens with zero attached hydrogens (tertiary/aromatic N) is 1. The summed E-state index contributed by atoms with van der Waals surface area (Å²) >= 11 is 0. The van der Waals surface area contributed by atoms with Crippen LogP contribution in [0.2, 0.25) is 0 Å². The topological polar surface area (TPSA) is 49.8 Å². The maximum absolute atomic E-state index is 12.2. The maximum Gasteiger partial charge on any atom is 0.225 e. The third-order valence-corrected chi connectivity index (χ3v) is 3.80. The highest BCUT2D eigenvalue weighted by atomic mass is 16.5. The zero-order valence-electron chi connectivity index (χ0n) is 9.89. The molecule has 2 aliphatic rings. The van der Waals surface area contributed by atoms with Gasteiger partial charge in [0.1, 0.15) is 0 Å². The fourth-order valence-corrected chi connectivity index (χ4v) is 2.45. The molecule has 0 aromatic carbocycles. The number of hydrogen-bond donors (Lipinski definition) is 1. The van der Waals surface area contributed by atoms with E-state index in [1.165, 1.54) is 0 Å². The van der Waals surface area contributed by atoms with Crippen molar-refractivity contribution in [1.82, 2.24) is 4.90 Å². The van der Waals surface area contributed by atoms with E-state index in [0.29, 0.717) is 25.7 Å². The van der Waals surface area contributed by atoms with Gasteiger partial charge < -0.3 is 14.7 Å². The van der Waals surface area contributed by atoms with Gasteiger partial charge in [0, 0.05) is 32.2 Å². The monoisotopic (exact) mass is 227 g/mol. The molecule has 0 aromatic rings. The normalized spacial score (nSPS) is 32.8. The summed E-state index contributed by atoms with van der Waals surface area (Å²) in [5.74, 6) is 0.655. The molecule has 0 spiro atoms. The molecule has 2 rings (SSSR count). The Kier molecular flexibility index (Phi) is 3.82. The lowest BCUT2D eigenvalue weighted by Crippen LogP contribution is -2.48. The SMILES string of the molecule is CC1CCN(C(=O)C2CCOCC2)CC1O. The lowest BCUT2D eigenvalue weighted by Gasteiger charge is -2.37. The number of rotatable bonds is 1. The lowest BCUT2D eigenvalue weighted by molar-refractivity contribution is -0.142. The summed E-state index contributed by atoms with van der Waals surface area (Å²) in [4.78, 5) is 14.0. The number of carbonyl (C=O) groups excluding carboxylic acids is 1. The fourth-order valence-electron chi connectivity index (χ4n) is 2.45.